The molecule has 2 bridgehead atoms. The first-order chi connectivity index (χ1) is 13.8. The zero-order valence-corrected chi connectivity index (χ0v) is 16.5. The molecule has 3 N–H and O–H groups in total. The third-order valence-corrected chi connectivity index (χ3v) is 6.10. The minimum absolute atomic E-state index is 0.101. The number of ether oxygens (including phenoxy) is 1. The van der Waals surface area contributed by atoms with E-state index in [4.69, 9.17) is 14.1 Å². The first kappa shape index (κ1) is 20.7. The molecule has 13 nitrogen and oxygen atoms in total. The van der Waals surface area contributed by atoms with Crippen molar-refractivity contribution in [3.05, 3.63) is 0 Å². The lowest BCUT2D eigenvalue weighted by Gasteiger charge is -2.29. The number of urea groups is 1. The fourth-order valence-corrected chi connectivity index (χ4v) is 4.69. The number of hydroxylamine groups is 3. The molecule has 4 fully saturated rings. The van der Waals surface area contributed by atoms with Crippen LogP contribution in [0.2, 0.25) is 0 Å². The molecule has 14 heteroatoms. The molecule has 4 aliphatic heterocycles. The Bertz CT molecular complexity index is 745. The largest absolute Gasteiger partial charge is 0.418 e. The smallest absolute Gasteiger partial charge is 0.365 e. The van der Waals surface area contributed by atoms with Crippen molar-refractivity contribution in [2.24, 2.45) is 0 Å². The number of carbonyl (C=O) groups excluding carboxylic acids is 2. The summed E-state index contributed by atoms with van der Waals surface area (Å²) in [5.41, 5.74) is 2.39. The van der Waals surface area contributed by atoms with E-state index >= 15 is 0 Å². The average Bonchev–Trinajstić information content (AvgIpc) is 3.39. The number of amides is 3. The van der Waals surface area contributed by atoms with Crippen molar-refractivity contribution in [2.75, 3.05) is 39.6 Å². The van der Waals surface area contributed by atoms with Crippen LogP contribution in [-0.2, 0) is 29.1 Å². The molecule has 0 radical (unpaired) electrons. The highest BCUT2D eigenvalue weighted by Gasteiger charge is 2.49. The van der Waals surface area contributed by atoms with Gasteiger partial charge in [-0.2, -0.15) is 13.5 Å². The average molecular weight is 435 g/mol. The van der Waals surface area contributed by atoms with Crippen molar-refractivity contribution < 1.29 is 36.4 Å². The molecule has 0 saturated carbocycles. The molecular formula is C15H25N5O8S. The highest BCUT2D eigenvalue weighted by molar-refractivity contribution is 7.80. The van der Waals surface area contributed by atoms with E-state index in [0.29, 0.717) is 30.7 Å². The van der Waals surface area contributed by atoms with Gasteiger partial charge in [0.1, 0.15) is 6.04 Å². The second kappa shape index (κ2) is 8.29. The molecule has 0 aromatic carbocycles. The molecule has 3 amide bonds. The van der Waals surface area contributed by atoms with Crippen LogP contribution in [0.15, 0.2) is 0 Å². The van der Waals surface area contributed by atoms with Crippen LogP contribution in [0.3, 0.4) is 0 Å². The van der Waals surface area contributed by atoms with Crippen LogP contribution in [0, 0.1) is 0 Å². The maximum Gasteiger partial charge on any atom is 0.418 e. The summed E-state index contributed by atoms with van der Waals surface area (Å²) in [5.74, 6) is -0.479. The van der Waals surface area contributed by atoms with Gasteiger partial charge in [-0.25, -0.2) is 10.3 Å². The molecule has 0 aromatic heterocycles. The molecule has 2 unspecified atom stereocenters. The predicted molar refractivity (Wildman–Crippen MR) is 95.2 cm³/mol. The summed E-state index contributed by atoms with van der Waals surface area (Å²) in [6, 6.07) is -1.63. The van der Waals surface area contributed by atoms with E-state index in [2.05, 4.69) is 20.0 Å². The zero-order valence-electron chi connectivity index (χ0n) is 15.7. The normalized spacial score (nSPS) is 32.9. The topological polar surface area (TPSA) is 150 Å². The third-order valence-electron chi connectivity index (χ3n) is 5.75. The second-order valence-electron chi connectivity index (χ2n) is 7.63. The highest BCUT2D eigenvalue weighted by Crippen LogP contribution is 2.30. The van der Waals surface area contributed by atoms with Crippen LogP contribution >= 0.6 is 0 Å². The molecule has 164 valence electrons. The Morgan fingerprint density at radius 2 is 2.17 bits per heavy atom. The van der Waals surface area contributed by atoms with Crippen LogP contribution < -0.4 is 10.8 Å². The fourth-order valence-electron chi connectivity index (χ4n) is 4.30. The van der Waals surface area contributed by atoms with Crippen molar-refractivity contribution >= 4 is 22.3 Å². The maximum absolute atomic E-state index is 12.5. The number of hydrogen-bond acceptors (Lipinski definition) is 9. The van der Waals surface area contributed by atoms with Crippen molar-refractivity contribution in [1.82, 2.24) is 25.7 Å². The van der Waals surface area contributed by atoms with Gasteiger partial charge >= 0.3 is 16.4 Å². The SMILES string of the molecule is O=C(NOC[C@@H]1C[C@@H](N2CCOC2)CN1)C1CCC2CN1C(=O)N2OS(=O)(=O)O. The maximum atomic E-state index is 12.5. The molecule has 0 spiro atoms. The minimum Gasteiger partial charge on any atom is -0.365 e. The Hall–Kier alpha value is -1.55. The van der Waals surface area contributed by atoms with E-state index in [1.54, 1.807) is 0 Å². The fraction of sp³-hybridized carbons (Fsp3) is 0.867. The van der Waals surface area contributed by atoms with Gasteiger partial charge in [-0.15, -0.1) is 4.28 Å². The van der Waals surface area contributed by atoms with Gasteiger partial charge in [-0.1, -0.05) is 0 Å². The molecule has 4 saturated heterocycles. The van der Waals surface area contributed by atoms with E-state index in [1.807, 2.05) is 0 Å². The summed E-state index contributed by atoms with van der Waals surface area (Å²) >= 11 is 0. The van der Waals surface area contributed by atoms with E-state index in [-0.39, 0.29) is 19.2 Å². The summed E-state index contributed by atoms with van der Waals surface area (Å²) in [7, 11) is -4.82. The Morgan fingerprint density at radius 3 is 2.90 bits per heavy atom. The summed E-state index contributed by atoms with van der Waals surface area (Å²) < 4.78 is 40.4. The monoisotopic (exact) mass is 435 g/mol. The third kappa shape index (κ3) is 4.63. The first-order valence-corrected chi connectivity index (χ1v) is 10.9. The minimum atomic E-state index is -4.82. The number of nitrogens with one attached hydrogen (secondary N) is 2. The lowest BCUT2D eigenvalue weighted by atomic mass is 10.0. The van der Waals surface area contributed by atoms with Gasteiger partial charge in [0.05, 0.1) is 26.0 Å². The van der Waals surface area contributed by atoms with Gasteiger partial charge in [0.25, 0.3) is 5.91 Å². The quantitative estimate of drug-likeness (QED) is 0.304. The first-order valence-electron chi connectivity index (χ1n) is 9.55. The van der Waals surface area contributed by atoms with E-state index in [9.17, 15) is 18.0 Å². The molecule has 4 atom stereocenters. The van der Waals surface area contributed by atoms with Gasteiger partial charge in [0.15, 0.2) is 0 Å². The summed E-state index contributed by atoms with van der Waals surface area (Å²) in [6.45, 7) is 3.57. The highest BCUT2D eigenvalue weighted by atomic mass is 32.3. The number of rotatable bonds is 7. The molecule has 4 aliphatic rings. The van der Waals surface area contributed by atoms with Crippen LogP contribution in [0.4, 0.5) is 4.79 Å². The number of fused-ring (bicyclic) bond motifs is 2. The molecule has 0 aromatic rings. The number of carbonyl (C=O) groups is 2. The van der Waals surface area contributed by atoms with Crippen molar-refractivity contribution in [1.29, 1.82) is 0 Å². The number of nitrogens with zero attached hydrogens (tertiary/aromatic N) is 3. The molecule has 29 heavy (non-hydrogen) atoms. The van der Waals surface area contributed by atoms with Gasteiger partial charge in [-0.05, 0) is 19.3 Å². The Kier molecular flexibility index (Phi) is 5.92. The van der Waals surface area contributed by atoms with E-state index < -0.39 is 34.4 Å². The van der Waals surface area contributed by atoms with Crippen LogP contribution in [0.5, 0.6) is 0 Å². The molecule has 4 heterocycles. The van der Waals surface area contributed by atoms with Crippen LogP contribution in [-0.4, -0.2) is 104 Å². The van der Waals surface area contributed by atoms with Crippen LogP contribution in [0.25, 0.3) is 0 Å². The number of hydrogen-bond donors (Lipinski definition) is 3. The van der Waals surface area contributed by atoms with Crippen molar-refractivity contribution in [3.63, 3.8) is 0 Å². The van der Waals surface area contributed by atoms with Gasteiger partial charge in [0, 0.05) is 31.7 Å². The lowest BCUT2D eigenvalue weighted by Crippen LogP contribution is -2.50. The Morgan fingerprint density at radius 1 is 1.34 bits per heavy atom. The Balaban J connectivity index is 1.23. The van der Waals surface area contributed by atoms with Crippen molar-refractivity contribution in [2.45, 2.75) is 43.4 Å². The zero-order chi connectivity index (χ0) is 20.6. The van der Waals surface area contributed by atoms with Gasteiger partial charge < -0.3 is 15.0 Å². The van der Waals surface area contributed by atoms with E-state index in [1.165, 1.54) is 4.90 Å². The van der Waals surface area contributed by atoms with Crippen LogP contribution in [0.1, 0.15) is 19.3 Å². The second-order valence-corrected chi connectivity index (χ2v) is 8.64. The van der Waals surface area contributed by atoms with E-state index in [0.717, 1.165) is 26.1 Å². The Labute approximate surface area is 168 Å². The molecule has 4 rings (SSSR count). The summed E-state index contributed by atoms with van der Waals surface area (Å²) in [6.07, 6.45) is 1.58. The lowest BCUT2D eigenvalue weighted by molar-refractivity contribution is -0.139. The molecular weight excluding hydrogens is 410 g/mol. The van der Waals surface area contributed by atoms with Gasteiger partial charge in [0.2, 0.25) is 0 Å². The predicted octanol–water partition coefficient (Wildman–Crippen LogP) is -1.94. The van der Waals surface area contributed by atoms with Crippen molar-refractivity contribution in [3.8, 4) is 0 Å². The molecule has 0 aliphatic carbocycles. The standard InChI is InChI=1S/C15H25N5O8S/c21-14(17-27-8-10-5-12(6-16-10)18-3-4-26-9-18)13-2-1-11-7-19(13)15(22)20(11)28-29(23,24)25/h10-13,16H,1-9H2,(H,17,21)(H,23,24,25)/t10-,11?,12+,13?/m0/s1. The summed E-state index contributed by atoms with van der Waals surface area (Å²) in [4.78, 5) is 33.6. The summed E-state index contributed by atoms with van der Waals surface area (Å²) in [5, 5.41) is 3.96. The number of piperidine rings is 1. The van der Waals surface area contributed by atoms with Gasteiger partial charge in [-0.3, -0.25) is 19.1 Å².